The van der Waals surface area contributed by atoms with E-state index in [0.717, 1.165) is 25.1 Å². The van der Waals surface area contributed by atoms with Crippen molar-refractivity contribution in [3.8, 4) is 5.75 Å². The number of hydrogen-bond acceptors (Lipinski definition) is 3. The average molecular weight is 274 g/mol. The molecule has 0 aliphatic rings. The number of fused-ring (bicyclic) bond motifs is 1. The molecule has 0 bridgehead atoms. The number of methoxy groups -OCH3 is 1. The summed E-state index contributed by atoms with van der Waals surface area (Å²) < 4.78 is 7.51. The Labute approximate surface area is 119 Å². The highest BCUT2D eigenvalue weighted by Gasteiger charge is 2.06. The quantitative estimate of drug-likeness (QED) is 0.728. The maximum Gasteiger partial charge on any atom is 0.119 e. The van der Waals surface area contributed by atoms with E-state index in [1.165, 1.54) is 16.6 Å². The van der Waals surface area contributed by atoms with Crippen LogP contribution in [0, 0.1) is 6.92 Å². The minimum atomic E-state index is -0.959. The molecule has 20 heavy (non-hydrogen) atoms. The lowest BCUT2D eigenvalue weighted by Crippen LogP contribution is -2.21. The SMILES string of the molecule is COc1ccc2c(c1)cc(C)n2CCCCCC(=O)[O-]. The summed E-state index contributed by atoms with van der Waals surface area (Å²) in [4.78, 5) is 10.4. The van der Waals surface area contributed by atoms with Crippen molar-refractivity contribution in [2.24, 2.45) is 0 Å². The lowest BCUT2D eigenvalue weighted by molar-refractivity contribution is -0.305. The van der Waals surface area contributed by atoms with Crippen LogP contribution >= 0.6 is 0 Å². The van der Waals surface area contributed by atoms with Crippen LogP contribution in [0.4, 0.5) is 0 Å². The van der Waals surface area contributed by atoms with Crippen molar-refractivity contribution in [2.75, 3.05) is 7.11 Å². The number of aromatic nitrogens is 1. The summed E-state index contributed by atoms with van der Waals surface area (Å²) in [5.74, 6) is -0.0942. The zero-order valence-electron chi connectivity index (χ0n) is 12.0. The maximum atomic E-state index is 10.4. The lowest BCUT2D eigenvalue weighted by atomic mass is 10.2. The van der Waals surface area contributed by atoms with Gasteiger partial charge in [0.05, 0.1) is 7.11 Å². The van der Waals surface area contributed by atoms with Crippen molar-refractivity contribution in [3.63, 3.8) is 0 Å². The molecule has 108 valence electrons. The van der Waals surface area contributed by atoms with Gasteiger partial charge in [-0.15, -0.1) is 0 Å². The van der Waals surface area contributed by atoms with Crippen LogP contribution in [0.15, 0.2) is 24.3 Å². The van der Waals surface area contributed by atoms with E-state index in [2.05, 4.69) is 23.6 Å². The van der Waals surface area contributed by atoms with Crippen LogP contribution in [-0.2, 0) is 11.3 Å². The van der Waals surface area contributed by atoms with E-state index in [-0.39, 0.29) is 6.42 Å². The Balaban J connectivity index is 2.02. The summed E-state index contributed by atoms with van der Waals surface area (Å²) in [6, 6.07) is 8.23. The highest BCUT2D eigenvalue weighted by Crippen LogP contribution is 2.24. The molecule has 0 unspecified atom stereocenters. The largest absolute Gasteiger partial charge is 0.550 e. The monoisotopic (exact) mass is 274 g/mol. The minimum Gasteiger partial charge on any atom is -0.550 e. The van der Waals surface area contributed by atoms with Crippen molar-refractivity contribution >= 4 is 16.9 Å². The number of aryl methyl sites for hydroxylation is 2. The highest BCUT2D eigenvalue weighted by atomic mass is 16.5. The van der Waals surface area contributed by atoms with Crippen LogP contribution in [0.2, 0.25) is 0 Å². The summed E-state index contributed by atoms with van der Waals surface area (Å²) in [5.41, 5.74) is 2.41. The molecule has 0 saturated heterocycles. The number of carboxylic acids is 1. The van der Waals surface area contributed by atoms with Gasteiger partial charge in [-0.2, -0.15) is 0 Å². The number of rotatable bonds is 7. The number of aliphatic carboxylic acids is 1. The normalized spacial score (nSPS) is 10.9. The van der Waals surface area contributed by atoms with Crippen LogP contribution in [0.5, 0.6) is 5.75 Å². The van der Waals surface area contributed by atoms with Gasteiger partial charge in [-0.05, 0) is 50.5 Å². The second-order valence-electron chi connectivity index (χ2n) is 5.04. The molecule has 0 amide bonds. The Morgan fingerprint density at radius 2 is 2.05 bits per heavy atom. The third-order valence-electron chi connectivity index (χ3n) is 3.58. The first-order chi connectivity index (χ1) is 9.61. The first-order valence-electron chi connectivity index (χ1n) is 6.95. The lowest BCUT2D eigenvalue weighted by Gasteiger charge is -2.09. The van der Waals surface area contributed by atoms with Crippen molar-refractivity contribution in [2.45, 2.75) is 39.2 Å². The average Bonchev–Trinajstić information content (AvgIpc) is 2.73. The van der Waals surface area contributed by atoms with Crippen LogP contribution in [0.25, 0.3) is 10.9 Å². The molecule has 0 aliphatic carbocycles. The van der Waals surface area contributed by atoms with Gasteiger partial charge in [-0.25, -0.2) is 0 Å². The Hall–Kier alpha value is -1.97. The number of carboxylic acid groups (broad SMARTS) is 1. The van der Waals surface area contributed by atoms with E-state index >= 15 is 0 Å². The number of carbonyl (C=O) groups is 1. The molecule has 0 spiro atoms. The van der Waals surface area contributed by atoms with Gasteiger partial charge in [-0.3, -0.25) is 0 Å². The van der Waals surface area contributed by atoms with Gasteiger partial charge >= 0.3 is 0 Å². The van der Waals surface area contributed by atoms with Crippen molar-refractivity contribution in [1.82, 2.24) is 4.57 Å². The van der Waals surface area contributed by atoms with Crippen LogP contribution in [0.3, 0.4) is 0 Å². The van der Waals surface area contributed by atoms with Crippen molar-refractivity contribution in [3.05, 3.63) is 30.0 Å². The van der Waals surface area contributed by atoms with Gasteiger partial charge in [0.15, 0.2) is 0 Å². The summed E-state index contributed by atoms with van der Waals surface area (Å²) in [6.45, 7) is 3.00. The van der Waals surface area contributed by atoms with Crippen LogP contribution < -0.4 is 9.84 Å². The molecule has 0 atom stereocenters. The van der Waals surface area contributed by atoms with Crippen molar-refractivity contribution < 1.29 is 14.6 Å². The number of nitrogens with zero attached hydrogens (tertiary/aromatic N) is 1. The third kappa shape index (κ3) is 3.32. The molecular weight excluding hydrogens is 254 g/mol. The second kappa shape index (κ2) is 6.46. The molecule has 0 aliphatic heterocycles. The van der Waals surface area contributed by atoms with E-state index in [4.69, 9.17) is 4.74 Å². The van der Waals surface area contributed by atoms with Crippen molar-refractivity contribution in [1.29, 1.82) is 0 Å². The Kier molecular flexibility index (Phi) is 4.66. The maximum absolute atomic E-state index is 10.4. The third-order valence-corrected chi connectivity index (χ3v) is 3.58. The van der Waals surface area contributed by atoms with Gasteiger partial charge < -0.3 is 19.2 Å². The highest BCUT2D eigenvalue weighted by molar-refractivity contribution is 5.82. The fraction of sp³-hybridized carbons (Fsp3) is 0.438. The van der Waals surface area contributed by atoms with E-state index in [1.54, 1.807) is 7.11 Å². The number of unbranched alkanes of at least 4 members (excludes halogenated alkanes) is 2. The number of benzene rings is 1. The number of carbonyl (C=O) groups excluding carboxylic acids is 1. The fourth-order valence-corrected chi connectivity index (χ4v) is 2.53. The summed E-state index contributed by atoms with van der Waals surface area (Å²) >= 11 is 0. The van der Waals surface area contributed by atoms with E-state index in [9.17, 15) is 9.90 Å². The molecule has 4 nitrogen and oxygen atoms in total. The molecule has 0 radical (unpaired) electrons. The molecule has 2 aromatic rings. The smallest absolute Gasteiger partial charge is 0.119 e. The van der Waals surface area contributed by atoms with Gasteiger partial charge in [-0.1, -0.05) is 6.42 Å². The van der Waals surface area contributed by atoms with E-state index in [0.29, 0.717) is 6.42 Å². The molecule has 0 fully saturated rings. The van der Waals surface area contributed by atoms with Crippen LogP contribution in [-0.4, -0.2) is 17.6 Å². The first-order valence-corrected chi connectivity index (χ1v) is 6.95. The zero-order valence-corrected chi connectivity index (χ0v) is 12.0. The van der Waals surface area contributed by atoms with Gasteiger partial charge in [0.1, 0.15) is 5.75 Å². The molecule has 4 heteroatoms. The van der Waals surface area contributed by atoms with Gasteiger partial charge in [0.2, 0.25) is 0 Å². The summed E-state index contributed by atoms with van der Waals surface area (Å²) in [7, 11) is 1.67. The molecule has 2 rings (SSSR count). The Bertz CT molecular complexity index is 601. The van der Waals surface area contributed by atoms with Crippen LogP contribution in [0.1, 0.15) is 31.4 Å². The Morgan fingerprint density at radius 3 is 2.75 bits per heavy atom. The first kappa shape index (κ1) is 14.4. The van der Waals surface area contributed by atoms with Gasteiger partial charge in [0, 0.05) is 29.1 Å². The molecule has 0 N–H and O–H groups in total. The number of hydrogen-bond donors (Lipinski definition) is 0. The number of ether oxygens (including phenoxy) is 1. The van der Waals surface area contributed by atoms with Gasteiger partial charge in [0.25, 0.3) is 0 Å². The van der Waals surface area contributed by atoms with E-state index in [1.807, 2.05) is 12.1 Å². The molecule has 1 aromatic heterocycles. The summed E-state index contributed by atoms with van der Waals surface area (Å²) in [6.07, 6.45) is 2.73. The molecule has 1 heterocycles. The standard InChI is InChI=1S/C16H21NO3/c1-12-10-13-11-14(20-2)7-8-15(13)17(12)9-5-3-4-6-16(18)19/h7-8,10-11H,3-6,9H2,1-2H3,(H,18,19)/p-1. The summed E-state index contributed by atoms with van der Waals surface area (Å²) in [5, 5.41) is 11.5. The molecular formula is C16H20NO3-. The zero-order chi connectivity index (χ0) is 14.5. The van der Waals surface area contributed by atoms with E-state index < -0.39 is 5.97 Å². The predicted molar refractivity (Wildman–Crippen MR) is 76.7 cm³/mol. The molecule has 1 aromatic carbocycles. The predicted octanol–water partition coefficient (Wildman–Crippen LogP) is 2.27. The Morgan fingerprint density at radius 1 is 1.25 bits per heavy atom. The minimum absolute atomic E-state index is 0.155. The topological polar surface area (TPSA) is 54.3 Å². The second-order valence-corrected chi connectivity index (χ2v) is 5.04. The molecule has 0 saturated carbocycles. The fourth-order valence-electron chi connectivity index (χ4n) is 2.53.